The van der Waals surface area contributed by atoms with E-state index in [0.29, 0.717) is 12.8 Å². The minimum atomic E-state index is -1.41. The zero-order valence-corrected chi connectivity index (χ0v) is 33.2. The fourth-order valence-electron chi connectivity index (χ4n) is 6.81. The second kappa shape index (κ2) is 20.8. The van der Waals surface area contributed by atoms with Gasteiger partial charge >= 0.3 is 5.97 Å². The molecule has 17 nitrogen and oxygen atoms in total. The summed E-state index contributed by atoms with van der Waals surface area (Å²) in [5, 5.41) is 8.27. The fraction of sp³-hybridized carbons (Fsp3) is 0.658. The minimum absolute atomic E-state index is 0.0737. The number of aliphatic imine (C=N–C) groups is 1. The Labute approximate surface area is 323 Å². The molecule has 2 heterocycles. The first-order chi connectivity index (χ1) is 26.1. The normalized spacial score (nSPS) is 28.7. The highest BCUT2D eigenvalue weighted by Gasteiger charge is 2.47. The topological polar surface area (TPSA) is 254 Å². The van der Waals surface area contributed by atoms with Crippen molar-refractivity contribution in [3.63, 3.8) is 0 Å². The molecule has 10 atom stereocenters. The molecular formula is C38H61N9O8. The van der Waals surface area contributed by atoms with E-state index in [-0.39, 0.29) is 44.6 Å². The molecule has 306 valence electrons. The molecule has 0 radical (unpaired) electrons. The maximum atomic E-state index is 14.8. The van der Waals surface area contributed by atoms with E-state index in [4.69, 9.17) is 26.7 Å². The third-order valence-corrected chi connectivity index (χ3v) is 10.7. The molecule has 0 aliphatic carbocycles. The van der Waals surface area contributed by atoms with Crippen LogP contribution in [-0.2, 0) is 44.7 Å². The quantitative estimate of drug-likeness (QED) is 0.0749. The smallest absolute Gasteiger partial charge is 0.329 e. The number of esters is 1. The maximum absolute atomic E-state index is 14.8. The van der Waals surface area contributed by atoms with Gasteiger partial charge in [-0.25, -0.2) is 4.79 Å². The predicted octanol–water partition coefficient (Wildman–Crippen LogP) is -0.108. The Bertz CT molecular complexity index is 1520. The highest BCUT2D eigenvalue weighted by molar-refractivity contribution is 5.97. The summed E-state index contributed by atoms with van der Waals surface area (Å²) < 4.78 is 11.5. The summed E-state index contributed by atoms with van der Waals surface area (Å²) >= 11 is 0. The monoisotopic (exact) mass is 771 g/mol. The highest BCUT2D eigenvalue weighted by Crippen LogP contribution is 2.29. The van der Waals surface area contributed by atoms with E-state index in [9.17, 15) is 28.8 Å². The summed E-state index contributed by atoms with van der Waals surface area (Å²) in [4.78, 5) is 91.5. The van der Waals surface area contributed by atoms with Crippen LogP contribution in [-0.4, -0.2) is 121 Å². The first kappa shape index (κ1) is 44.6. The number of guanidine groups is 1. The number of nitrogens with two attached hydrogens (primary N) is 3. The molecule has 3 rings (SSSR count). The van der Waals surface area contributed by atoms with Crippen molar-refractivity contribution in [1.82, 2.24) is 25.8 Å². The van der Waals surface area contributed by atoms with Gasteiger partial charge in [-0.2, -0.15) is 0 Å². The third kappa shape index (κ3) is 11.6. The van der Waals surface area contributed by atoms with Gasteiger partial charge in [-0.1, -0.05) is 70.9 Å². The molecule has 0 saturated carbocycles. The number of piperidine rings is 1. The number of fused-ring (bicyclic) bond motifs is 2. The Morgan fingerprint density at radius 2 is 1.58 bits per heavy atom. The molecule has 9 N–H and O–H groups in total. The first-order valence-electron chi connectivity index (χ1n) is 19.1. The number of cyclic esters (lactones) is 1. The van der Waals surface area contributed by atoms with E-state index in [1.165, 1.54) is 30.9 Å². The maximum Gasteiger partial charge on any atom is 0.329 e. The Hall–Kier alpha value is -4.77. The van der Waals surface area contributed by atoms with E-state index >= 15 is 0 Å². The van der Waals surface area contributed by atoms with E-state index in [1.54, 1.807) is 6.92 Å². The van der Waals surface area contributed by atoms with Crippen molar-refractivity contribution in [2.75, 3.05) is 20.7 Å². The molecule has 1 unspecified atom stereocenters. The summed E-state index contributed by atoms with van der Waals surface area (Å²) in [6, 6.07) is 2.09. The molecule has 55 heavy (non-hydrogen) atoms. The molecule has 5 amide bonds. The number of methoxy groups -OCH3 is 1. The molecule has 2 bridgehead atoms. The van der Waals surface area contributed by atoms with E-state index < -0.39 is 95.9 Å². The summed E-state index contributed by atoms with van der Waals surface area (Å²) in [6.07, 6.45) is -0.108. The van der Waals surface area contributed by atoms with Gasteiger partial charge in [0.05, 0.1) is 0 Å². The number of hydrogen-bond acceptors (Lipinski definition) is 10. The van der Waals surface area contributed by atoms with Crippen LogP contribution in [0.3, 0.4) is 0 Å². The van der Waals surface area contributed by atoms with Crippen LogP contribution in [0.15, 0.2) is 35.3 Å². The lowest BCUT2D eigenvalue weighted by Gasteiger charge is -2.46. The van der Waals surface area contributed by atoms with Crippen LogP contribution in [0.4, 0.5) is 0 Å². The van der Waals surface area contributed by atoms with Crippen molar-refractivity contribution in [3.8, 4) is 0 Å². The van der Waals surface area contributed by atoms with Gasteiger partial charge < -0.3 is 52.4 Å². The number of nitrogens with zero attached hydrogens (tertiary/aromatic N) is 3. The Morgan fingerprint density at radius 1 is 0.927 bits per heavy atom. The SMILES string of the molecule is CC[C@H](C)[C@@H]1NC(=O)C(Cc2ccccc2)N(C)C(=O)[C@H]([C@@H](C)CC)N2C(=O)[C@H](CC[C@H]2OC)NC(=O)[C@H](CCCN=C(N)N)NC(=O)[C@@H](N)[C@@H](C)OC1=O. The Balaban J connectivity index is 2.18. The number of likely N-dealkylation sites (N-methyl/N-ethyl adjacent to an activating group) is 1. The van der Waals surface area contributed by atoms with Crippen molar-refractivity contribution in [3.05, 3.63) is 35.9 Å². The average molecular weight is 772 g/mol. The van der Waals surface area contributed by atoms with Crippen molar-refractivity contribution < 1.29 is 38.2 Å². The third-order valence-electron chi connectivity index (χ3n) is 10.7. The predicted molar refractivity (Wildman–Crippen MR) is 206 cm³/mol. The van der Waals surface area contributed by atoms with Crippen molar-refractivity contribution in [2.45, 2.75) is 128 Å². The lowest BCUT2D eigenvalue weighted by molar-refractivity contribution is -0.171. The standard InChI is InChI=1S/C38H61N9O8/c1-8-21(3)30-37(53)55-23(5)29(39)34(50)43-25(16-13-19-42-38(40)41)32(48)44-26-17-18-28(54-7)47(35(26)51)31(22(4)9-2)36(52)46(6)27(33(49)45-30)20-24-14-11-10-12-15-24/h10-12,14-15,21-23,25-31H,8-9,13,16-20,39H2,1-7H3,(H,43,50)(H,44,48)(H,45,49)(H4,40,41,42)/t21-,22-,23+,25-,26-,27?,28+,29-,30-,31-/m0/s1. The van der Waals surface area contributed by atoms with Crippen LogP contribution in [0, 0.1) is 11.8 Å². The van der Waals surface area contributed by atoms with Crippen molar-refractivity contribution >= 4 is 41.5 Å². The Morgan fingerprint density at radius 3 is 2.18 bits per heavy atom. The highest BCUT2D eigenvalue weighted by atomic mass is 16.5. The van der Waals surface area contributed by atoms with Gasteiger partial charge in [-0.3, -0.25) is 29.0 Å². The van der Waals surface area contributed by atoms with Crippen LogP contribution in [0.1, 0.15) is 78.7 Å². The number of rotatable bonds is 11. The molecule has 2 saturated heterocycles. The van der Waals surface area contributed by atoms with Gasteiger partial charge in [0.15, 0.2) is 5.96 Å². The summed E-state index contributed by atoms with van der Waals surface area (Å²) in [5.41, 5.74) is 18.0. The number of benzene rings is 1. The molecule has 17 heteroatoms. The molecule has 2 aliphatic heterocycles. The van der Waals surface area contributed by atoms with E-state index in [2.05, 4.69) is 20.9 Å². The van der Waals surface area contributed by atoms with Crippen LogP contribution in [0.2, 0.25) is 0 Å². The molecular weight excluding hydrogens is 710 g/mol. The zero-order chi connectivity index (χ0) is 41.0. The van der Waals surface area contributed by atoms with Gasteiger partial charge in [0.25, 0.3) is 0 Å². The lowest BCUT2D eigenvalue weighted by Crippen LogP contribution is -2.66. The van der Waals surface area contributed by atoms with Crippen LogP contribution in [0.5, 0.6) is 0 Å². The van der Waals surface area contributed by atoms with Gasteiger partial charge in [0, 0.05) is 27.1 Å². The van der Waals surface area contributed by atoms with Crippen LogP contribution < -0.4 is 33.2 Å². The largest absolute Gasteiger partial charge is 0.459 e. The van der Waals surface area contributed by atoms with Gasteiger partial charge in [0.1, 0.15) is 48.6 Å². The second-order valence-corrected chi connectivity index (χ2v) is 14.6. The summed E-state index contributed by atoms with van der Waals surface area (Å²) in [7, 11) is 2.95. The zero-order valence-electron chi connectivity index (χ0n) is 33.2. The number of hydrogen-bond donors (Lipinski definition) is 6. The second-order valence-electron chi connectivity index (χ2n) is 14.6. The molecule has 1 aromatic rings. The van der Waals surface area contributed by atoms with E-state index in [1.807, 2.05) is 51.1 Å². The van der Waals surface area contributed by atoms with Crippen molar-refractivity contribution in [1.29, 1.82) is 0 Å². The minimum Gasteiger partial charge on any atom is -0.459 e. The summed E-state index contributed by atoms with van der Waals surface area (Å²) in [5.74, 6) is -4.91. The number of ether oxygens (including phenoxy) is 2. The Kier molecular flexibility index (Phi) is 16.9. The lowest BCUT2D eigenvalue weighted by atomic mass is 9.91. The summed E-state index contributed by atoms with van der Waals surface area (Å²) in [6.45, 7) is 8.95. The van der Waals surface area contributed by atoms with Gasteiger partial charge in [0.2, 0.25) is 29.5 Å². The van der Waals surface area contributed by atoms with Crippen LogP contribution in [0.25, 0.3) is 0 Å². The average Bonchev–Trinajstić information content (AvgIpc) is 3.16. The number of amides is 5. The molecule has 1 aromatic carbocycles. The molecule has 2 aliphatic rings. The van der Waals surface area contributed by atoms with Crippen molar-refractivity contribution in [2.24, 2.45) is 34.0 Å². The number of carbonyl (C=O) groups is 6. The molecule has 2 fully saturated rings. The number of carbonyl (C=O) groups excluding carboxylic acids is 6. The fourth-order valence-corrected chi connectivity index (χ4v) is 6.81. The van der Waals surface area contributed by atoms with Gasteiger partial charge in [-0.15, -0.1) is 0 Å². The van der Waals surface area contributed by atoms with E-state index in [0.717, 1.165) is 5.56 Å². The molecule has 0 spiro atoms. The molecule has 0 aromatic heterocycles. The van der Waals surface area contributed by atoms with Gasteiger partial charge in [-0.05, 0) is 50.0 Å². The number of nitrogens with one attached hydrogen (secondary N) is 3. The first-order valence-corrected chi connectivity index (χ1v) is 19.1. The van der Waals surface area contributed by atoms with Crippen LogP contribution >= 0.6 is 0 Å².